The van der Waals surface area contributed by atoms with E-state index in [1.165, 1.54) is 28.9 Å². The molecule has 5 nitrogen and oxygen atoms in total. The van der Waals surface area contributed by atoms with E-state index in [1.807, 2.05) is 6.92 Å². The zero-order chi connectivity index (χ0) is 24.1. The molecule has 172 valence electrons. The van der Waals surface area contributed by atoms with E-state index in [4.69, 9.17) is 11.6 Å². The Morgan fingerprint density at radius 1 is 1.15 bits per heavy atom. The van der Waals surface area contributed by atoms with Crippen LogP contribution in [0.25, 0.3) is 0 Å². The summed E-state index contributed by atoms with van der Waals surface area (Å²) in [7, 11) is 1.61. The number of alkyl halides is 3. The molecule has 0 bridgehead atoms. The largest absolute Gasteiger partial charge is 0.508 e. The minimum absolute atomic E-state index is 0.00860. The highest BCUT2D eigenvalue weighted by Crippen LogP contribution is 2.42. The number of carbonyl (C=O) groups is 1. The second kappa shape index (κ2) is 8.26. The van der Waals surface area contributed by atoms with Crippen LogP contribution in [-0.2, 0) is 17.4 Å². The number of fused-ring (bicyclic) bond motifs is 1. The summed E-state index contributed by atoms with van der Waals surface area (Å²) in [5.41, 5.74) is 1.88. The maximum Gasteiger partial charge on any atom is 0.416 e. The lowest BCUT2D eigenvalue weighted by Crippen LogP contribution is -2.44. The number of carbonyl (C=O) groups excluding carboxylic acids is 1. The van der Waals surface area contributed by atoms with Gasteiger partial charge in [-0.2, -0.15) is 13.2 Å². The van der Waals surface area contributed by atoms with E-state index in [0.29, 0.717) is 16.4 Å². The van der Waals surface area contributed by atoms with Crippen molar-refractivity contribution in [2.75, 3.05) is 16.8 Å². The molecule has 33 heavy (non-hydrogen) atoms. The Bertz CT molecular complexity index is 1250. The van der Waals surface area contributed by atoms with Crippen molar-refractivity contribution in [3.63, 3.8) is 0 Å². The van der Waals surface area contributed by atoms with Gasteiger partial charge >= 0.3 is 6.18 Å². The summed E-state index contributed by atoms with van der Waals surface area (Å²) in [6.45, 7) is 3.29. The third-order valence-corrected chi connectivity index (χ3v) is 6.14. The summed E-state index contributed by atoms with van der Waals surface area (Å²) in [4.78, 5) is 20.8. The predicted molar refractivity (Wildman–Crippen MR) is 121 cm³/mol. The van der Waals surface area contributed by atoms with E-state index < -0.39 is 17.8 Å². The van der Waals surface area contributed by atoms with Crippen LogP contribution >= 0.6 is 11.6 Å². The van der Waals surface area contributed by atoms with Gasteiger partial charge in [-0.05, 0) is 61.4 Å². The summed E-state index contributed by atoms with van der Waals surface area (Å²) >= 11 is 6.10. The van der Waals surface area contributed by atoms with Crippen LogP contribution in [0, 0.1) is 13.8 Å². The molecule has 1 aliphatic rings. The lowest BCUT2D eigenvalue weighted by Gasteiger charge is -2.30. The number of hydrogen-bond donors (Lipinski definition) is 1. The number of aromatic hydroxyl groups is 1. The van der Waals surface area contributed by atoms with Gasteiger partial charge in [0.15, 0.2) is 0 Å². The van der Waals surface area contributed by atoms with Crippen LogP contribution in [0.4, 0.5) is 30.4 Å². The molecule has 0 aliphatic carbocycles. The third-order valence-electron chi connectivity index (χ3n) is 5.71. The number of phenols is 1. The van der Waals surface area contributed by atoms with Crippen molar-refractivity contribution in [1.82, 2.24) is 4.98 Å². The lowest BCUT2D eigenvalue weighted by molar-refractivity contribution is -0.137. The van der Waals surface area contributed by atoms with Crippen LogP contribution in [-0.4, -0.2) is 29.1 Å². The first kappa shape index (κ1) is 22.9. The highest BCUT2D eigenvalue weighted by molar-refractivity contribution is 6.31. The topological polar surface area (TPSA) is 56.7 Å². The Kier molecular flexibility index (Phi) is 5.74. The van der Waals surface area contributed by atoms with Gasteiger partial charge in [0.25, 0.3) is 0 Å². The molecule has 1 aliphatic heterocycles. The van der Waals surface area contributed by atoms with Crippen LogP contribution in [0.1, 0.15) is 22.4 Å². The van der Waals surface area contributed by atoms with Crippen molar-refractivity contribution in [3.05, 3.63) is 75.9 Å². The Hall–Kier alpha value is -3.26. The number of pyridine rings is 1. The molecule has 2 aromatic carbocycles. The van der Waals surface area contributed by atoms with Crippen LogP contribution < -0.4 is 9.80 Å². The molecule has 1 unspecified atom stereocenters. The molecule has 1 amide bonds. The van der Waals surface area contributed by atoms with Crippen molar-refractivity contribution >= 4 is 34.7 Å². The van der Waals surface area contributed by atoms with Gasteiger partial charge in [0.2, 0.25) is 5.91 Å². The van der Waals surface area contributed by atoms with Crippen molar-refractivity contribution in [3.8, 4) is 5.75 Å². The van der Waals surface area contributed by atoms with Crippen LogP contribution in [0.5, 0.6) is 5.75 Å². The Balaban J connectivity index is 1.80. The van der Waals surface area contributed by atoms with Gasteiger partial charge in [-0.3, -0.25) is 4.79 Å². The number of amides is 1. The van der Waals surface area contributed by atoms with Gasteiger partial charge in [0, 0.05) is 35.9 Å². The van der Waals surface area contributed by atoms with Crippen molar-refractivity contribution in [2.45, 2.75) is 32.5 Å². The third kappa shape index (κ3) is 4.35. The Morgan fingerprint density at radius 2 is 1.88 bits per heavy atom. The molecule has 1 N–H and O–H groups in total. The molecule has 0 fully saturated rings. The normalized spacial score (nSPS) is 15.5. The quantitative estimate of drug-likeness (QED) is 0.520. The van der Waals surface area contributed by atoms with Gasteiger partial charge in [-0.15, -0.1) is 0 Å². The van der Waals surface area contributed by atoms with E-state index >= 15 is 0 Å². The summed E-state index contributed by atoms with van der Waals surface area (Å²) in [6, 6.07) is 10.8. The van der Waals surface area contributed by atoms with E-state index in [1.54, 1.807) is 31.3 Å². The standard InChI is InChI=1S/C24H21ClF3N3O2/c1-13-8-17(5-7-19(13)25)30(3)23(33)21-10-15-4-6-18(32)12-20(15)31(21)22-11-16(24(26,27)28)9-14(2)29-22/h4-9,11-12,21,32H,10H2,1-3H3. The van der Waals surface area contributed by atoms with Gasteiger partial charge in [0.1, 0.15) is 17.6 Å². The molecule has 9 heteroatoms. The smallest absolute Gasteiger partial charge is 0.416 e. The minimum atomic E-state index is -4.57. The maximum absolute atomic E-state index is 13.6. The van der Waals surface area contributed by atoms with Gasteiger partial charge in [-0.25, -0.2) is 4.98 Å². The Labute approximate surface area is 194 Å². The van der Waals surface area contributed by atoms with Crippen LogP contribution in [0.3, 0.4) is 0 Å². The first-order valence-electron chi connectivity index (χ1n) is 10.2. The number of halogens is 4. The second-order valence-corrected chi connectivity index (χ2v) is 8.49. The molecule has 0 saturated carbocycles. The second-order valence-electron chi connectivity index (χ2n) is 8.09. The first-order valence-corrected chi connectivity index (χ1v) is 10.5. The number of aryl methyl sites for hydroxylation is 2. The zero-order valence-corrected chi connectivity index (χ0v) is 18.9. The fourth-order valence-corrected chi connectivity index (χ4v) is 4.14. The maximum atomic E-state index is 13.6. The summed E-state index contributed by atoms with van der Waals surface area (Å²) < 4.78 is 40.5. The highest BCUT2D eigenvalue weighted by Gasteiger charge is 2.40. The number of aromatic nitrogens is 1. The highest BCUT2D eigenvalue weighted by atomic mass is 35.5. The number of nitrogens with zero attached hydrogens (tertiary/aromatic N) is 3. The number of benzene rings is 2. The average Bonchev–Trinajstić information content (AvgIpc) is 3.12. The van der Waals surface area contributed by atoms with E-state index in [0.717, 1.165) is 23.3 Å². The Morgan fingerprint density at radius 3 is 2.55 bits per heavy atom. The van der Waals surface area contributed by atoms with Gasteiger partial charge < -0.3 is 14.9 Å². The van der Waals surface area contributed by atoms with Gasteiger partial charge in [0.05, 0.1) is 11.3 Å². The first-order chi connectivity index (χ1) is 15.5. The fourth-order valence-electron chi connectivity index (χ4n) is 4.02. The molecule has 4 rings (SSSR count). The summed E-state index contributed by atoms with van der Waals surface area (Å²) in [6.07, 6.45) is -4.32. The average molecular weight is 476 g/mol. The fraction of sp³-hybridized carbons (Fsp3) is 0.250. The lowest BCUT2D eigenvalue weighted by atomic mass is 10.1. The number of hydrogen-bond acceptors (Lipinski definition) is 4. The van der Waals surface area contributed by atoms with E-state index in [9.17, 15) is 23.1 Å². The van der Waals surface area contributed by atoms with Crippen molar-refractivity contribution < 1.29 is 23.1 Å². The molecule has 1 aromatic heterocycles. The van der Waals surface area contributed by atoms with E-state index in [2.05, 4.69) is 4.98 Å². The minimum Gasteiger partial charge on any atom is -0.508 e. The van der Waals surface area contributed by atoms with Crippen molar-refractivity contribution in [2.24, 2.45) is 0 Å². The molecular formula is C24H21ClF3N3O2. The number of anilines is 3. The zero-order valence-electron chi connectivity index (χ0n) is 18.1. The number of rotatable bonds is 3. The van der Waals surface area contributed by atoms with Crippen LogP contribution in [0.15, 0.2) is 48.5 Å². The van der Waals surface area contributed by atoms with Crippen molar-refractivity contribution in [1.29, 1.82) is 0 Å². The SMILES string of the molecule is Cc1cc(C(F)(F)F)cc(N2c3cc(O)ccc3CC2C(=O)N(C)c2ccc(Cl)c(C)c2)n1. The molecular weight excluding hydrogens is 455 g/mol. The van der Waals surface area contributed by atoms with E-state index in [-0.39, 0.29) is 29.6 Å². The number of likely N-dealkylation sites (N-methyl/N-ethyl adjacent to an activating group) is 1. The molecule has 0 spiro atoms. The number of phenolic OH excluding ortho intramolecular Hbond substituents is 1. The summed E-state index contributed by atoms with van der Waals surface area (Å²) in [5.74, 6) is -0.396. The molecule has 2 heterocycles. The molecule has 3 aromatic rings. The molecule has 0 saturated heterocycles. The van der Waals surface area contributed by atoms with Gasteiger partial charge in [-0.1, -0.05) is 17.7 Å². The molecule has 0 radical (unpaired) electrons. The monoisotopic (exact) mass is 475 g/mol. The molecule has 1 atom stereocenters. The summed E-state index contributed by atoms with van der Waals surface area (Å²) in [5, 5.41) is 10.6. The predicted octanol–water partition coefficient (Wildman–Crippen LogP) is 5.80. The van der Waals surface area contributed by atoms with Crippen LogP contribution in [0.2, 0.25) is 5.02 Å².